The second kappa shape index (κ2) is 8.12. The van der Waals surface area contributed by atoms with Crippen molar-refractivity contribution >= 4 is 17.0 Å². The van der Waals surface area contributed by atoms with Crippen molar-refractivity contribution in [2.75, 3.05) is 0 Å². The number of nitrogens with zero attached hydrogens (tertiary/aromatic N) is 1. The number of aromatic nitrogens is 1. The molecule has 3 aromatic rings. The van der Waals surface area contributed by atoms with Gasteiger partial charge in [0.15, 0.2) is 5.58 Å². The van der Waals surface area contributed by atoms with Gasteiger partial charge in [-0.2, -0.15) is 0 Å². The fourth-order valence-corrected chi connectivity index (χ4v) is 2.94. The zero-order valence-corrected chi connectivity index (χ0v) is 15.8. The largest absolute Gasteiger partial charge is 0.491 e. The van der Waals surface area contributed by atoms with Gasteiger partial charge in [-0.05, 0) is 50.6 Å². The fraction of sp³-hybridized carbons (Fsp3) is 0.333. The molecule has 1 aromatic heterocycles. The van der Waals surface area contributed by atoms with Crippen molar-refractivity contribution in [3.63, 3.8) is 0 Å². The van der Waals surface area contributed by atoms with E-state index in [0.717, 1.165) is 11.3 Å². The number of ether oxygens (including phenoxy) is 1. The van der Waals surface area contributed by atoms with Crippen molar-refractivity contribution in [1.82, 2.24) is 9.88 Å². The minimum atomic E-state index is -0.446. The number of benzene rings is 2. The lowest BCUT2D eigenvalue weighted by Gasteiger charge is -2.16. The quantitative estimate of drug-likeness (QED) is 0.691. The van der Waals surface area contributed by atoms with E-state index in [1.165, 1.54) is 4.57 Å². The molecule has 142 valence electrons. The first kappa shape index (κ1) is 18.8. The highest BCUT2D eigenvalue weighted by atomic mass is 16.5. The van der Waals surface area contributed by atoms with E-state index in [1.807, 2.05) is 63.2 Å². The van der Waals surface area contributed by atoms with Crippen LogP contribution in [-0.2, 0) is 11.3 Å². The average molecular weight is 368 g/mol. The van der Waals surface area contributed by atoms with Gasteiger partial charge in [0.05, 0.1) is 17.7 Å². The number of oxazole rings is 1. The molecule has 0 spiro atoms. The van der Waals surface area contributed by atoms with Crippen LogP contribution in [-0.4, -0.2) is 16.6 Å². The smallest absolute Gasteiger partial charge is 0.419 e. The van der Waals surface area contributed by atoms with E-state index in [1.54, 1.807) is 6.07 Å². The molecule has 0 bridgehead atoms. The third kappa shape index (κ3) is 4.58. The molecule has 6 nitrogen and oxygen atoms in total. The van der Waals surface area contributed by atoms with Crippen LogP contribution < -0.4 is 15.8 Å². The second-order valence-electron chi connectivity index (χ2n) is 6.76. The molecule has 6 heteroatoms. The van der Waals surface area contributed by atoms with E-state index in [2.05, 4.69) is 5.32 Å². The molecule has 0 aliphatic rings. The van der Waals surface area contributed by atoms with Gasteiger partial charge in [-0.15, -0.1) is 0 Å². The number of fused-ring (bicyclic) bond motifs is 1. The Morgan fingerprint density at radius 1 is 1.11 bits per heavy atom. The standard InChI is InChI=1S/C21H24N2O4/c1-14(2)26-17-10-8-16(9-11-17)15(3)22-20(24)12-13-23-18-6-4-5-7-19(18)27-21(23)25/h4-11,14-15H,12-13H2,1-3H3,(H,22,24). The zero-order valence-electron chi connectivity index (χ0n) is 15.8. The second-order valence-corrected chi connectivity index (χ2v) is 6.76. The van der Waals surface area contributed by atoms with E-state index >= 15 is 0 Å². The Labute approximate surface area is 157 Å². The highest BCUT2D eigenvalue weighted by Crippen LogP contribution is 2.19. The van der Waals surface area contributed by atoms with Crippen LogP contribution in [0.3, 0.4) is 0 Å². The van der Waals surface area contributed by atoms with E-state index in [9.17, 15) is 9.59 Å². The van der Waals surface area contributed by atoms with Gasteiger partial charge in [0.25, 0.3) is 0 Å². The van der Waals surface area contributed by atoms with Crippen LogP contribution in [0.5, 0.6) is 5.75 Å². The van der Waals surface area contributed by atoms with Crippen LogP contribution in [0.1, 0.15) is 38.8 Å². The summed E-state index contributed by atoms with van der Waals surface area (Å²) in [5, 5.41) is 2.96. The molecule has 1 amide bonds. The first-order valence-electron chi connectivity index (χ1n) is 9.08. The van der Waals surface area contributed by atoms with Gasteiger partial charge in [0.2, 0.25) is 5.91 Å². The van der Waals surface area contributed by atoms with Crippen LogP contribution in [0.15, 0.2) is 57.7 Å². The molecule has 1 unspecified atom stereocenters. The third-order valence-corrected chi connectivity index (χ3v) is 4.27. The predicted octanol–water partition coefficient (Wildman–Crippen LogP) is 3.65. The minimum absolute atomic E-state index is 0.121. The van der Waals surface area contributed by atoms with E-state index in [4.69, 9.17) is 9.15 Å². The molecule has 2 aromatic carbocycles. The maximum Gasteiger partial charge on any atom is 0.419 e. The van der Waals surface area contributed by atoms with Crippen molar-refractivity contribution in [3.8, 4) is 5.75 Å². The topological polar surface area (TPSA) is 73.5 Å². The monoisotopic (exact) mass is 368 g/mol. The SMILES string of the molecule is CC(C)Oc1ccc(C(C)NC(=O)CCn2c(=O)oc3ccccc32)cc1. The van der Waals surface area contributed by atoms with Crippen LogP contribution in [0.4, 0.5) is 0 Å². The molecule has 0 saturated heterocycles. The highest BCUT2D eigenvalue weighted by molar-refractivity contribution is 5.77. The average Bonchev–Trinajstić information content (AvgIpc) is 2.95. The molecule has 0 saturated carbocycles. The Balaban J connectivity index is 1.58. The minimum Gasteiger partial charge on any atom is -0.491 e. The summed E-state index contributed by atoms with van der Waals surface area (Å²) in [6, 6.07) is 14.7. The van der Waals surface area contributed by atoms with Crippen LogP contribution >= 0.6 is 0 Å². The van der Waals surface area contributed by atoms with E-state index < -0.39 is 5.76 Å². The maximum atomic E-state index is 12.3. The predicted molar refractivity (Wildman–Crippen MR) is 104 cm³/mol. The summed E-state index contributed by atoms with van der Waals surface area (Å²) in [5.41, 5.74) is 2.22. The molecule has 1 heterocycles. The summed E-state index contributed by atoms with van der Waals surface area (Å²) < 4.78 is 12.3. The summed E-state index contributed by atoms with van der Waals surface area (Å²) in [4.78, 5) is 24.3. The van der Waals surface area contributed by atoms with Crippen LogP contribution in [0.25, 0.3) is 11.1 Å². The molecule has 0 fully saturated rings. The fourth-order valence-electron chi connectivity index (χ4n) is 2.94. The Hall–Kier alpha value is -3.02. The Morgan fingerprint density at radius 3 is 2.52 bits per heavy atom. The molecule has 0 aliphatic heterocycles. The molecule has 1 N–H and O–H groups in total. The summed E-state index contributed by atoms with van der Waals surface area (Å²) in [6.45, 7) is 6.15. The maximum absolute atomic E-state index is 12.3. The Morgan fingerprint density at radius 2 is 1.81 bits per heavy atom. The first-order chi connectivity index (χ1) is 12.9. The molecule has 0 radical (unpaired) electrons. The number of nitrogens with one attached hydrogen (secondary N) is 1. The third-order valence-electron chi connectivity index (χ3n) is 4.27. The van der Waals surface area contributed by atoms with Gasteiger partial charge >= 0.3 is 5.76 Å². The molecular formula is C21H24N2O4. The van der Waals surface area contributed by atoms with Gasteiger partial charge < -0.3 is 14.5 Å². The number of rotatable bonds is 7. The molecule has 3 rings (SSSR count). The summed E-state index contributed by atoms with van der Waals surface area (Å²) in [6.07, 6.45) is 0.317. The summed E-state index contributed by atoms with van der Waals surface area (Å²) >= 11 is 0. The van der Waals surface area contributed by atoms with Crippen molar-refractivity contribution in [1.29, 1.82) is 0 Å². The number of amides is 1. The summed E-state index contributed by atoms with van der Waals surface area (Å²) in [5.74, 6) is 0.235. The van der Waals surface area contributed by atoms with Gasteiger partial charge in [-0.25, -0.2) is 4.79 Å². The van der Waals surface area contributed by atoms with Gasteiger partial charge in [-0.1, -0.05) is 24.3 Å². The molecule has 27 heavy (non-hydrogen) atoms. The van der Waals surface area contributed by atoms with Gasteiger partial charge in [-0.3, -0.25) is 9.36 Å². The molecule has 0 aliphatic carbocycles. The van der Waals surface area contributed by atoms with Crippen molar-refractivity contribution in [2.45, 2.75) is 45.9 Å². The van der Waals surface area contributed by atoms with Crippen molar-refractivity contribution < 1.29 is 13.9 Å². The Bertz CT molecular complexity index is 970. The summed E-state index contributed by atoms with van der Waals surface area (Å²) in [7, 11) is 0. The first-order valence-corrected chi connectivity index (χ1v) is 9.08. The number of hydrogen-bond donors (Lipinski definition) is 1. The van der Waals surface area contributed by atoms with Gasteiger partial charge in [0, 0.05) is 13.0 Å². The normalized spacial score (nSPS) is 12.3. The molecular weight excluding hydrogens is 344 g/mol. The van der Waals surface area contributed by atoms with Crippen molar-refractivity contribution in [2.24, 2.45) is 0 Å². The number of aryl methyl sites for hydroxylation is 1. The van der Waals surface area contributed by atoms with E-state index in [0.29, 0.717) is 11.1 Å². The Kier molecular flexibility index (Phi) is 5.64. The number of para-hydroxylation sites is 2. The van der Waals surface area contributed by atoms with Gasteiger partial charge in [0.1, 0.15) is 5.75 Å². The van der Waals surface area contributed by atoms with Crippen LogP contribution in [0.2, 0.25) is 0 Å². The molecule has 1 atom stereocenters. The zero-order chi connectivity index (χ0) is 19.4. The lowest BCUT2D eigenvalue weighted by atomic mass is 10.1. The number of hydrogen-bond acceptors (Lipinski definition) is 4. The lowest BCUT2D eigenvalue weighted by Crippen LogP contribution is -2.28. The highest BCUT2D eigenvalue weighted by Gasteiger charge is 2.13. The number of carbonyl (C=O) groups is 1. The van der Waals surface area contributed by atoms with E-state index in [-0.39, 0.29) is 31.0 Å². The van der Waals surface area contributed by atoms with Crippen LogP contribution in [0, 0.1) is 0 Å². The lowest BCUT2D eigenvalue weighted by molar-refractivity contribution is -0.121. The number of carbonyl (C=O) groups excluding carboxylic acids is 1. The van der Waals surface area contributed by atoms with Crippen molar-refractivity contribution in [3.05, 3.63) is 64.6 Å².